The van der Waals surface area contributed by atoms with Crippen LogP contribution >= 0.6 is 0 Å². The molecule has 0 aliphatic rings. The van der Waals surface area contributed by atoms with Crippen molar-refractivity contribution in [1.82, 2.24) is 5.16 Å². The molecule has 2 N–H and O–H groups in total. The van der Waals surface area contributed by atoms with Crippen LogP contribution in [0.1, 0.15) is 39.0 Å². The Morgan fingerprint density at radius 3 is 2.48 bits per heavy atom. The lowest BCUT2D eigenvalue weighted by Crippen LogP contribution is -2.15. The molecule has 0 aliphatic carbocycles. The van der Waals surface area contributed by atoms with Crippen LogP contribution in [0.3, 0.4) is 0 Å². The molecule has 0 aliphatic heterocycles. The van der Waals surface area contributed by atoms with Crippen LogP contribution in [-0.4, -0.2) is 17.0 Å². The third kappa shape index (κ3) is 4.56. The standard InChI is InChI=1S/C24H21N3O4/c1-3-16-7-10-17(11-8-16)20-14-22(31-27-20)26-23(28)18-9-6-15(2)19(13-18)25-24(29)21-5-4-12-30-21/h4-14H,3H2,1-2H3,(H,25,29)(H,26,28). The molecule has 2 heterocycles. The minimum atomic E-state index is -0.389. The first-order valence-corrected chi connectivity index (χ1v) is 9.86. The summed E-state index contributed by atoms with van der Waals surface area (Å²) >= 11 is 0. The quantitative estimate of drug-likeness (QED) is 0.445. The summed E-state index contributed by atoms with van der Waals surface area (Å²) in [6.07, 6.45) is 2.39. The zero-order chi connectivity index (χ0) is 21.8. The van der Waals surface area contributed by atoms with Crippen LogP contribution in [0.2, 0.25) is 0 Å². The fourth-order valence-electron chi connectivity index (χ4n) is 3.06. The van der Waals surface area contributed by atoms with Crippen LogP contribution in [0.4, 0.5) is 11.6 Å². The number of rotatable bonds is 6. The number of aryl methyl sites for hydroxylation is 2. The van der Waals surface area contributed by atoms with E-state index in [2.05, 4.69) is 22.7 Å². The number of nitrogens with zero attached hydrogens (tertiary/aromatic N) is 1. The summed E-state index contributed by atoms with van der Waals surface area (Å²) in [6, 6.07) is 17.9. The summed E-state index contributed by atoms with van der Waals surface area (Å²) in [5, 5.41) is 9.49. The second kappa shape index (κ2) is 8.71. The Bertz CT molecular complexity index is 1210. The second-order valence-electron chi connectivity index (χ2n) is 7.04. The van der Waals surface area contributed by atoms with E-state index in [1.54, 1.807) is 36.4 Å². The van der Waals surface area contributed by atoms with E-state index in [1.807, 2.05) is 31.2 Å². The molecule has 156 valence electrons. The molecule has 4 aromatic rings. The van der Waals surface area contributed by atoms with Gasteiger partial charge < -0.3 is 14.3 Å². The fraction of sp³-hybridized carbons (Fsp3) is 0.125. The van der Waals surface area contributed by atoms with Crippen LogP contribution in [0.15, 0.2) is 75.9 Å². The third-order valence-electron chi connectivity index (χ3n) is 4.90. The maximum absolute atomic E-state index is 12.7. The maximum Gasteiger partial charge on any atom is 0.291 e. The van der Waals surface area contributed by atoms with E-state index < -0.39 is 0 Å². The number of benzene rings is 2. The second-order valence-corrected chi connectivity index (χ2v) is 7.04. The first-order valence-electron chi connectivity index (χ1n) is 9.86. The largest absolute Gasteiger partial charge is 0.459 e. The highest BCUT2D eigenvalue weighted by Crippen LogP contribution is 2.24. The summed E-state index contributed by atoms with van der Waals surface area (Å²) in [6.45, 7) is 3.93. The van der Waals surface area contributed by atoms with Gasteiger partial charge in [0, 0.05) is 22.9 Å². The van der Waals surface area contributed by atoms with Gasteiger partial charge in [-0.1, -0.05) is 42.4 Å². The normalized spacial score (nSPS) is 10.6. The molecule has 0 fully saturated rings. The Kier molecular flexibility index (Phi) is 5.66. The number of anilines is 2. The molecule has 4 rings (SSSR count). The first kappa shape index (κ1) is 20.2. The van der Waals surface area contributed by atoms with Gasteiger partial charge in [-0.05, 0) is 48.7 Å². The van der Waals surface area contributed by atoms with E-state index in [9.17, 15) is 9.59 Å². The van der Waals surface area contributed by atoms with Gasteiger partial charge in [-0.25, -0.2) is 0 Å². The van der Waals surface area contributed by atoms with Gasteiger partial charge >= 0.3 is 0 Å². The van der Waals surface area contributed by atoms with Crippen molar-refractivity contribution in [3.8, 4) is 11.3 Å². The van der Waals surface area contributed by atoms with Crippen molar-refractivity contribution in [3.63, 3.8) is 0 Å². The number of nitrogens with one attached hydrogen (secondary N) is 2. The van der Waals surface area contributed by atoms with Crippen LogP contribution in [0.5, 0.6) is 0 Å². The molecule has 7 heteroatoms. The molecule has 2 amide bonds. The zero-order valence-electron chi connectivity index (χ0n) is 17.1. The predicted octanol–water partition coefficient (Wildman–Crippen LogP) is 5.31. The summed E-state index contributed by atoms with van der Waals surface area (Å²) in [5.41, 5.74) is 4.46. The lowest BCUT2D eigenvalue weighted by molar-refractivity contribution is 0.0993. The number of aromatic nitrogens is 1. The lowest BCUT2D eigenvalue weighted by Gasteiger charge is -2.09. The van der Waals surface area contributed by atoms with Gasteiger partial charge in [0.25, 0.3) is 11.8 Å². The van der Waals surface area contributed by atoms with E-state index in [1.165, 1.54) is 11.8 Å². The number of furan rings is 1. The van der Waals surface area contributed by atoms with E-state index in [0.717, 1.165) is 17.5 Å². The molecule has 0 atom stereocenters. The highest BCUT2D eigenvalue weighted by atomic mass is 16.5. The number of hydrogen-bond donors (Lipinski definition) is 2. The van der Waals surface area contributed by atoms with Gasteiger partial charge in [0.2, 0.25) is 5.88 Å². The van der Waals surface area contributed by atoms with E-state index in [-0.39, 0.29) is 23.5 Å². The summed E-state index contributed by atoms with van der Waals surface area (Å²) in [5.74, 6) is -0.339. The SMILES string of the molecule is CCc1ccc(-c2cc(NC(=O)c3ccc(C)c(NC(=O)c4ccco4)c3)on2)cc1. The van der Waals surface area contributed by atoms with Gasteiger partial charge in [-0.15, -0.1) is 0 Å². The van der Waals surface area contributed by atoms with Crippen molar-refractivity contribution in [3.05, 3.63) is 89.4 Å². The van der Waals surface area contributed by atoms with Gasteiger partial charge in [-0.2, -0.15) is 0 Å². The Hall–Kier alpha value is -4.13. The minimum Gasteiger partial charge on any atom is -0.459 e. The molecule has 7 nitrogen and oxygen atoms in total. The lowest BCUT2D eigenvalue weighted by atomic mass is 10.1. The van der Waals surface area contributed by atoms with Crippen molar-refractivity contribution >= 4 is 23.4 Å². The Balaban J connectivity index is 1.47. The van der Waals surface area contributed by atoms with Crippen LogP contribution in [0, 0.1) is 6.92 Å². The number of hydrogen-bond acceptors (Lipinski definition) is 5. The number of carbonyl (C=O) groups is 2. The molecule has 0 spiro atoms. The fourth-order valence-corrected chi connectivity index (χ4v) is 3.06. The zero-order valence-corrected chi connectivity index (χ0v) is 17.1. The van der Waals surface area contributed by atoms with Gasteiger partial charge in [0.05, 0.1) is 6.26 Å². The van der Waals surface area contributed by atoms with Crippen molar-refractivity contribution in [1.29, 1.82) is 0 Å². The van der Waals surface area contributed by atoms with E-state index in [0.29, 0.717) is 16.9 Å². The molecule has 31 heavy (non-hydrogen) atoms. The molecule has 0 saturated carbocycles. The topological polar surface area (TPSA) is 97.4 Å². The predicted molar refractivity (Wildman–Crippen MR) is 117 cm³/mol. The van der Waals surface area contributed by atoms with Crippen LogP contribution < -0.4 is 10.6 Å². The van der Waals surface area contributed by atoms with Crippen molar-refractivity contribution in [2.75, 3.05) is 10.6 Å². The monoisotopic (exact) mass is 415 g/mol. The highest BCUT2D eigenvalue weighted by molar-refractivity contribution is 6.06. The van der Waals surface area contributed by atoms with E-state index >= 15 is 0 Å². The van der Waals surface area contributed by atoms with Gasteiger partial charge in [0.1, 0.15) is 5.69 Å². The molecule has 0 saturated heterocycles. The smallest absolute Gasteiger partial charge is 0.291 e. The molecule has 2 aromatic heterocycles. The van der Waals surface area contributed by atoms with Gasteiger partial charge in [0.15, 0.2) is 5.76 Å². The molecular weight excluding hydrogens is 394 g/mol. The molecular formula is C24H21N3O4. The van der Waals surface area contributed by atoms with Gasteiger partial charge in [-0.3, -0.25) is 14.9 Å². The highest BCUT2D eigenvalue weighted by Gasteiger charge is 2.15. The molecule has 0 radical (unpaired) electrons. The van der Waals surface area contributed by atoms with E-state index in [4.69, 9.17) is 8.94 Å². The average molecular weight is 415 g/mol. The summed E-state index contributed by atoms with van der Waals surface area (Å²) in [7, 11) is 0. The molecule has 2 aromatic carbocycles. The third-order valence-corrected chi connectivity index (χ3v) is 4.90. The van der Waals surface area contributed by atoms with Crippen molar-refractivity contribution in [2.24, 2.45) is 0 Å². The van der Waals surface area contributed by atoms with Crippen molar-refractivity contribution in [2.45, 2.75) is 20.3 Å². The van der Waals surface area contributed by atoms with Crippen LogP contribution in [-0.2, 0) is 6.42 Å². The average Bonchev–Trinajstić information content (AvgIpc) is 3.48. The number of carbonyl (C=O) groups excluding carboxylic acids is 2. The minimum absolute atomic E-state index is 0.190. The maximum atomic E-state index is 12.7. The summed E-state index contributed by atoms with van der Waals surface area (Å²) < 4.78 is 10.4. The number of amides is 2. The Morgan fingerprint density at radius 2 is 1.77 bits per heavy atom. The Labute approximate surface area is 179 Å². The molecule has 0 bridgehead atoms. The first-order chi connectivity index (χ1) is 15.0. The Morgan fingerprint density at radius 1 is 0.968 bits per heavy atom. The molecule has 0 unspecified atom stereocenters. The van der Waals surface area contributed by atoms with Crippen LogP contribution in [0.25, 0.3) is 11.3 Å². The van der Waals surface area contributed by atoms with Crippen molar-refractivity contribution < 1.29 is 18.5 Å². The summed E-state index contributed by atoms with van der Waals surface area (Å²) in [4.78, 5) is 24.9.